The lowest BCUT2D eigenvalue weighted by molar-refractivity contribution is 0.0763. The quantitative estimate of drug-likeness (QED) is 0.730. The monoisotopic (exact) mass is 204 g/mol. The molecule has 82 valence electrons. The summed E-state index contributed by atoms with van der Waals surface area (Å²) in [6.07, 6.45) is 5.45. The van der Waals surface area contributed by atoms with Crippen LogP contribution in [0.25, 0.3) is 0 Å². The fraction of sp³-hybridized carbons (Fsp3) is 0.571. The standard InChI is InChI=1S/C14H20O/c1-3-15-11(2)13-9-8-12-6-4-5-7-14(12)10-13/h8-11H,3-7H2,1-2H3. The highest BCUT2D eigenvalue weighted by Gasteiger charge is 2.12. The molecule has 0 saturated heterocycles. The maximum atomic E-state index is 5.62. The van der Waals surface area contributed by atoms with Crippen LogP contribution < -0.4 is 0 Å². The second-order valence-corrected chi connectivity index (χ2v) is 4.33. The summed E-state index contributed by atoms with van der Waals surface area (Å²) < 4.78 is 5.62. The lowest BCUT2D eigenvalue weighted by Crippen LogP contribution is -2.05. The molecule has 1 nitrogen and oxygen atoms in total. The third-order valence-electron chi connectivity index (χ3n) is 3.26. The predicted octanol–water partition coefficient (Wildman–Crippen LogP) is 3.66. The van der Waals surface area contributed by atoms with Gasteiger partial charge in [-0.05, 0) is 56.2 Å². The van der Waals surface area contributed by atoms with Crippen LogP contribution in [0.2, 0.25) is 0 Å². The molecule has 0 aromatic heterocycles. The molecule has 15 heavy (non-hydrogen) atoms. The Labute approximate surface area is 92.5 Å². The maximum absolute atomic E-state index is 5.62. The smallest absolute Gasteiger partial charge is 0.0796 e. The molecule has 0 spiro atoms. The topological polar surface area (TPSA) is 9.23 Å². The van der Waals surface area contributed by atoms with E-state index in [1.54, 1.807) is 11.1 Å². The Hall–Kier alpha value is -0.820. The molecule has 1 aliphatic rings. The average molecular weight is 204 g/mol. The van der Waals surface area contributed by atoms with Crippen molar-refractivity contribution >= 4 is 0 Å². The second kappa shape index (κ2) is 4.80. The van der Waals surface area contributed by atoms with E-state index in [2.05, 4.69) is 32.0 Å². The number of ether oxygens (including phenoxy) is 1. The van der Waals surface area contributed by atoms with E-state index in [-0.39, 0.29) is 6.10 Å². The van der Waals surface area contributed by atoms with Crippen molar-refractivity contribution in [3.63, 3.8) is 0 Å². The first kappa shape index (κ1) is 10.7. The Kier molecular flexibility index (Phi) is 3.42. The zero-order valence-corrected chi connectivity index (χ0v) is 9.75. The molecular formula is C14H20O. The van der Waals surface area contributed by atoms with Gasteiger partial charge in [-0.15, -0.1) is 0 Å². The van der Waals surface area contributed by atoms with Crippen LogP contribution in [0.15, 0.2) is 18.2 Å². The maximum Gasteiger partial charge on any atom is 0.0796 e. The summed E-state index contributed by atoms with van der Waals surface area (Å²) in [6, 6.07) is 6.86. The van der Waals surface area contributed by atoms with E-state index in [1.807, 2.05) is 0 Å². The Balaban J connectivity index is 2.20. The van der Waals surface area contributed by atoms with Gasteiger partial charge < -0.3 is 4.74 Å². The van der Waals surface area contributed by atoms with Crippen LogP contribution in [-0.4, -0.2) is 6.61 Å². The first-order valence-corrected chi connectivity index (χ1v) is 6.04. The largest absolute Gasteiger partial charge is 0.374 e. The number of benzene rings is 1. The number of aryl methyl sites for hydroxylation is 2. The minimum absolute atomic E-state index is 0.238. The highest BCUT2D eigenvalue weighted by molar-refractivity contribution is 5.34. The fourth-order valence-corrected chi connectivity index (χ4v) is 2.35. The zero-order chi connectivity index (χ0) is 10.7. The summed E-state index contributed by atoms with van der Waals surface area (Å²) in [4.78, 5) is 0. The molecule has 1 aliphatic carbocycles. The van der Waals surface area contributed by atoms with Crippen LogP contribution in [0, 0.1) is 0 Å². The van der Waals surface area contributed by atoms with E-state index in [4.69, 9.17) is 4.74 Å². The van der Waals surface area contributed by atoms with Gasteiger partial charge in [-0.2, -0.15) is 0 Å². The average Bonchev–Trinajstić information content (AvgIpc) is 2.29. The zero-order valence-electron chi connectivity index (χ0n) is 9.75. The number of rotatable bonds is 3. The molecule has 0 fully saturated rings. The van der Waals surface area contributed by atoms with Crippen molar-refractivity contribution in [2.75, 3.05) is 6.61 Å². The lowest BCUT2D eigenvalue weighted by Gasteiger charge is -2.19. The molecule has 1 unspecified atom stereocenters. The molecule has 1 aromatic rings. The van der Waals surface area contributed by atoms with Crippen LogP contribution in [0.3, 0.4) is 0 Å². The van der Waals surface area contributed by atoms with Gasteiger partial charge in [0.2, 0.25) is 0 Å². The van der Waals surface area contributed by atoms with Crippen molar-refractivity contribution in [3.05, 3.63) is 34.9 Å². The highest BCUT2D eigenvalue weighted by atomic mass is 16.5. The summed E-state index contributed by atoms with van der Waals surface area (Å²) in [5.74, 6) is 0. The van der Waals surface area contributed by atoms with E-state index in [0.717, 1.165) is 6.61 Å². The van der Waals surface area contributed by atoms with Gasteiger partial charge in [-0.3, -0.25) is 0 Å². The molecule has 0 heterocycles. The fourth-order valence-electron chi connectivity index (χ4n) is 2.35. The van der Waals surface area contributed by atoms with Crippen LogP contribution in [0.5, 0.6) is 0 Å². The van der Waals surface area contributed by atoms with Gasteiger partial charge >= 0.3 is 0 Å². The molecule has 0 saturated carbocycles. The van der Waals surface area contributed by atoms with Crippen molar-refractivity contribution in [1.82, 2.24) is 0 Å². The van der Waals surface area contributed by atoms with E-state index in [0.29, 0.717) is 0 Å². The Morgan fingerprint density at radius 3 is 2.67 bits per heavy atom. The van der Waals surface area contributed by atoms with Crippen LogP contribution in [0.4, 0.5) is 0 Å². The number of hydrogen-bond donors (Lipinski definition) is 0. The van der Waals surface area contributed by atoms with Gasteiger partial charge in [0.15, 0.2) is 0 Å². The summed E-state index contributed by atoms with van der Waals surface area (Å²) in [6.45, 7) is 4.97. The van der Waals surface area contributed by atoms with Gasteiger partial charge in [-0.1, -0.05) is 18.2 Å². The lowest BCUT2D eigenvalue weighted by atomic mass is 9.90. The molecular weight excluding hydrogens is 184 g/mol. The van der Waals surface area contributed by atoms with Crippen LogP contribution >= 0.6 is 0 Å². The third kappa shape index (κ3) is 2.40. The van der Waals surface area contributed by atoms with Crippen LogP contribution in [0.1, 0.15) is 49.5 Å². The SMILES string of the molecule is CCOC(C)c1ccc2c(c1)CCCC2. The van der Waals surface area contributed by atoms with E-state index in [9.17, 15) is 0 Å². The summed E-state index contributed by atoms with van der Waals surface area (Å²) in [5, 5.41) is 0. The van der Waals surface area contributed by atoms with Gasteiger partial charge in [0.1, 0.15) is 0 Å². The van der Waals surface area contributed by atoms with Crippen LogP contribution in [-0.2, 0) is 17.6 Å². The first-order chi connectivity index (χ1) is 7.31. The van der Waals surface area contributed by atoms with Crippen molar-refractivity contribution < 1.29 is 4.74 Å². The highest BCUT2D eigenvalue weighted by Crippen LogP contribution is 2.25. The van der Waals surface area contributed by atoms with Gasteiger partial charge in [0.25, 0.3) is 0 Å². The third-order valence-corrected chi connectivity index (χ3v) is 3.26. The second-order valence-electron chi connectivity index (χ2n) is 4.33. The van der Waals surface area contributed by atoms with E-state index < -0.39 is 0 Å². The Morgan fingerprint density at radius 2 is 1.93 bits per heavy atom. The molecule has 1 heteroatoms. The van der Waals surface area contributed by atoms with Gasteiger partial charge in [0, 0.05) is 6.61 Å². The van der Waals surface area contributed by atoms with E-state index in [1.165, 1.54) is 31.2 Å². The molecule has 2 rings (SSSR count). The molecule has 0 bridgehead atoms. The van der Waals surface area contributed by atoms with Crippen molar-refractivity contribution in [1.29, 1.82) is 0 Å². The predicted molar refractivity (Wildman–Crippen MR) is 63.1 cm³/mol. The Bertz CT molecular complexity index is 330. The van der Waals surface area contributed by atoms with Crippen molar-refractivity contribution in [2.24, 2.45) is 0 Å². The summed E-state index contributed by atoms with van der Waals surface area (Å²) in [5.41, 5.74) is 4.43. The van der Waals surface area contributed by atoms with Gasteiger partial charge in [0.05, 0.1) is 6.10 Å². The molecule has 1 aromatic carbocycles. The number of fused-ring (bicyclic) bond motifs is 1. The minimum atomic E-state index is 0.238. The normalized spacial score (nSPS) is 17.2. The molecule has 0 amide bonds. The minimum Gasteiger partial charge on any atom is -0.374 e. The Morgan fingerprint density at radius 1 is 1.20 bits per heavy atom. The van der Waals surface area contributed by atoms with Crippen molar-refractivity contribution in [3.8, 4) is 0 Å². The van der Waals surface area contributed by atoms with Crippen molar-refractivity contribution in [2.45, 2.75) is 45.6 Å². The molecule has 1 atom stereocenters. The summed E-state index contributed by atoms with van der Waals surface area (Å²) in [7, 11) is 0. The molecule has 0 aliphatic heterocycles. The van der Waals surface area contributed by atoms with E-state index >= 15 is 0 Å². The first-order valence-electron chi connectivity index (χ1n) is 6.04. The van der Waals surface area contributed by atoms with Gasteiger partial charge in [-0.25, -0.2) is 0 Å². The summed E-state index contributed by atoms with van der Waals surface area (Å²) >= 11 is 0. The molecule has 0 radical (unpaired) electrons. The number of hydrogen-bond acceptors (Lipinski definition) is 1. The molecule has 0 N–H and O–H groups in total.